The Kier molecular flexibility index (Phi) is 1.71. The van der Waals surface area contributed by atoms with Crippen LogP contribution < -0.4 is 0 Å². The first kappa shape index (κ1) is 7.58. The predicted molar refractivity (Wildman–Crippen MR) is 40.6 cm³/mol. The Hall–Kier alpha value is -0.530. The van der Waals surface area contributed by atoms with E-state index in [0.29, 0.717) is 17.9 Å². The maximum Gasteiger partial charge on any atom is 0.225 e. The molecule has 2 nitrogen and oxygen atoms in total. The van der Waals surface area contributed by atoms with Crippen molar-refractivity contribution in [3.63, 3.8) is 0 Å². The summed E-state index contributed by atoms with van der Waals surface area (Å²) in [6, 6.07) is 0.419. The van der Waals surface area contributed by atoms with Crippen molar-refractivity contribution in [2.75, 3.05) is 7.05 Å². The minimum atomic E-state index is 0.222. The first-order valence-electron chi connectivity index (χ1n) is 3.82. The second kappa shape index (κ2) is 2.26. The van der Waals surface area contributed by atoms with Gasteiger partial charge in [-0.15, -0.1) is 0 Å². The lowest BCUT2D eigenvalue weighted by atomic mass is 9.95. The number of carbonyl (C=O) groups is 1. The molecule has 0 N–H and O–H groups in total. The van der Waals surface area contributed by atoms with Crippen LogP contribution in [0.15, 0.2) is 0 Å². The number of hydrogen-bond acceptors (Lipinski definition) is 1. The second-order valence-corrected chi connectivity index (χ2v) is 3.34. The van der Waals surface area contributed by atoms with Gasteiger partial charge in [-0.3, -0.25) is 4.79 Å². The van der Waals surface area contributed by atoms with Crippen molar-refractivity contribution < 1.29 is 4.79 Å². The van der Waals surface area contributed by atoms with E-state index in [-0.39, 0.29) is 5.92 Å². The van der Waals surface area contributed by atoms with Gasteiger partial charge in [0.2, 0.25) is 5.91 Å². The third-order valence-electron chi connectivity index (χ3n) is 2.90. The molecule has 1 amide bonds. The van der Waals surface area contributed by atoms with Crippen molar-refractivity contribution in [1.82, 2.24) is 4.90 Å². The summed E-state index contributed by atoms with van der Waals surface area (Å²) in [6.07, 6.45) is 0. The summed E-state index contributed by atoms with van der Waals surface area (Å²) in [7, 11) is 1.88. The number of rotatable bonds is 0. The Labute approximate surface area is 62.2 Å². The standard InChI is InChI=1S/C8H15NO/c1-5-6(2)8(10)9(4)7(5)3/h5-7H,1-4H3. The molecule has 58 valence electrons. The van der Waals surface area contributed by atoms with Gasteiger partial charge >= 0.3 is 0 Å². The summed E-state index contributed by atoms with van der Waals surface area (Å²) >= 11 is 0. The fraction of sp³-hybridized carbons (Fsp3) is 0.875. The molecule has 1 rings (SSSR count). The van der Waals surface area contributed by atoms with Gasteiger partial charge in [0.25, 0.3) is 0 Å². The van der Waals surface area contributed by atoms with Crippen LogP contribution in [-0.4, -0.2) is 23.9 Å². The molecule has 0 saturated carbocycles. The topological polar surface area (TPSA) is 20.3 Å². The van der Waals surface area contributed by atoms with Crippen molar-refractivity contribution in [3.05, 3.63) is 0 Å². The summed E-state index contributed by atoms with van der Waals surface area (Å²) in [5, 5.41) is 0. The van der Waals surface area contributed by atoms with E-state index in [4.69, 9.17) is 0 Å². The van der Waals surface area contributed by atoms with E-state index < -0.39 is 0 Å². The van der Waals surface area contributed by atoms with Gasteiger partial charge < -0.3 is 4.90 Å². The first-order chi connectivity index (χ1) is 4.55. The third-order valence-corrected chi connectivity index (χ3v) is 2.90. The van der Waals surface area contributed by atoms with Crippen molar-refractivity contribution >= 4 is 5.91 Å². The van der Waals surface area contributed by atoms with Gasteiger partial charge in [-0.1, -0.05) is 13.8 Å². The quantitative estimate of drug-likeness (QED) is 0.495. The molecular weight excluding hydrogens is 126 g/mol. The highest BCUT2D eigenvalue weighted by Gasteiger charge is 2.37. The number of likely N-dealkylation sites (tertiary alicyclic amines) is 1. The van der Waals surface area contributed by atoms with Crippen LogP contribution in [0.25, 0.3) is 0 Å². The molecule has 1 heterocycles. The molecule has 0 radical (unpaired) electrons. The second-order valence-electron chi connectivity index (χ2n) is 3.34. The Balaban J connectivity index is 2.78. The SMILES string of the molecule is CC1C(=O)N(C)C(C)C1C. The molecule has 1 aliphatic heterocycles. The molecule has 3 atom stereocenters. The lowest BCUT2D eigenvalue weighted by molar-refractivity contribution is -0.130. The molecular formula is C8H15NO. The van der Waals surface area contributed by atoms with Gasteiger partial charge in [0, 0.05) is 19.0 Å². The van der Waals surface area contributed by atoms with E-state index in [1.54, 1.807) is 0 Å². The number of amides is 1. The molecule has 3 unspecified atom stereocenters. The minimum absolute atomic E-state index is 0.222. The third kappa shape index (κ3) is 0.825. The van der Waals surface area contributed by atoms with Crippen molar-refractivity contribution in [2.45, 2.75) is 26.8 Å². The largest absolute Gasteiger partial charge is 0.343 e. The highest BCUT2D eigenvalue weighted by molar-refractivity contribution is 5.81. The molecule has 1 fully saturated rings. The Morgan fingerprint density at radius 1 is 1.30 bits per heavy atom. The number of carbonyl (C=O) groups excluding carboxylic acids is 1. The van der Waals surface area contributed by atoms with Crippen LogP contribution in [-0.2, 0) is 4.79 Å². The lowest BCUT2D eigenvalue weighted by Crippen LogP contribution is -2.28. The first-order valence-corrected chi connectivity index (χ1v) is 3.82. The van der Waals surface area contributed by atoms with Gasteiger partial charge in [0.05, 0.1) is 0 Å². The Morgan fingerprint density at radius 3 is 1.90 bits per heavy atom. The summed E-state index contributed by atoms with van der Waals surface area (Å²) < 4.78 is 0. The number of hydrogen-bond donors (Lipinski definition) is 0. The van der Waals surface area contributed by atoms with Crippen LogP contribution in [0, 0.1) is 11.8 Å². The van der Waals surface area contributed by atoms with Crippen molar-refractivity contribution in [2.24, 2.45) is 11.8 Å². The zero-order valence-electron chi connectivity index (χ0n) is 7.09. The molecule has 10 heavy (non-hydrogen) atoms. The molecule has 1 aliphatic rings. The van der Waals surface area contributed by atoms with E-state index >= 15 is 0 Å². The highest BCUT2D eigenvalue weighted by atomic mass is 16.2. The molecule has 0 bridgehead atoms. The van der Waals surface area contributed by atoms with E-state index in [1.807, 2.05) is 18.9 Å². The normalized spacial score (nSPS) is 41.0. The average Bonchev–Trinajstić information content (AvgIpc) is 2.07. The van der Waals surface area contributed by atoms with Crippen molar-refractivity contribution in [3.8, 4) is 0 Å². The summed E-state index contributed by atoms with van der Waals surface area (Å²) in [5.41, 5.74) is 0. The van der Waals surface area contributed by atoms with Crippen LogP contribution in [0.5, 0.6) is 0 Å². The minimum Gasteiger partial charge on any atom is -0.343 e. The fourth-order valence-electron chi connectivity index (χ4n) is 1.52. The Bertz CT molecular complexity index is 139. The van der Waals surface area contributed by atoms with E-state index in [0.717, 1.165) is 0 Å². The zero-order valence-corrected chi connectivity index (χ0v) is 7.09. The molecule has 2 heteroatoms. The molecule has 0 aromatic rings. The number of nitrogens with zero attached hydrogens (tertiary/aromatic N) is 1. The van der Waals surface area contributed by atoms with E-state index in [9.17, 15) is 4.79 Å². The van der Waals surface area contributed by atoms with E-state index in [2.05, 4.69) is 13.8 Å². The van der Waals surface area contributed by atoms with Gasteiger partial charge in [-0.25, -0.2) is 0 Å². The molecule has 0 aliphatic carbocycles. The van der Waals surface area contributed by atoms with Crippen LogP contribution in [0.3, 0.4) is 0 Å². The molecule has 0 spiro atoms. The van der Waals surface area contributed by atoms with Crippen LogP contribution in [0.4, 0.5) is 0 Å². The summed E-state index contributed by atoms with van der Waals surface area (Å²) in [5.74, 6) is 1.03. The van der Waals surface area contributed by atoms with E-state index in [1.165, 1.54) is 0 Å². The Morgan fingerprint density at radius 2 is 1.80 bits per heavy atom. The maximum absolute atomic E-state index is 11.3. The summed E-state index contributed by atoms with van der Waals surface area (Å²) in [4.78, 5) is 13.1. The zero-order chi connectivity index (χ0) is 7.89. The fourth-order valence-corrected chi connectivity index (χ4v) is 1.52. The van der Waals surface area contributed by atoms with Gasteiger partial charge in [0.15, 0.2) is 0 Å². The molecule has 1 saturated heterocycles. The monoisotopic (exact) mass is 141 g/mol. The van der Waals surface area contributed by atoms with Gasteiger partial charge in [0.1, 0.15) is 0 Å². The van der Waals surface area contributed by atoms with Crippen molar-refractivity contribution in [1.29, 1.82) is 0 Å². The lowest BCUT2D eigenvalue weighted by Gasteiger charge is -2.16. The molecule has 0 aromatic carbocycles. The smallest absolute Gasteiger partial charge is 0.225 e. The predicted octanol–water partition coefficient (Wildman–Crippen LogP) is 1.12. The van der Waals surface area contributed by atoms with Crippen LogP contribution >= 0.6 is 0 Å². The maximum atomic E-state index is 11.3. The van der Waals surface area contributed by atoms with Crippen LogP contribution in [0.1, 0.15) is 20.8 Å². The summed E-state index contributed by atoms with van der Waals surface area (Å²) in [6.45, 7) is 6.25. The highest BCUT2D eigenvalue weighted by Crippen LogP contribution is 2.28. The molecule has 0 aromatic heterocycles. The van der Waals surface area contributed by atoms with Gasteiger partial charge in [-0.05, 0) is 12.8 Å². The van der Waals surface area contributed by atoms with Gasteiger partial charge in [-0.2, -0.15) is 0 Å². The van der Waals surface area contributed by atoms with Crippen LogP contribution in [0.2, 0.25) is 0 Å². The average molecular weight is 141 g/mol.